The van der Waals surface area contributed by atoms with Crippen LogP contribution in [0.1, 0.15) is 29.2 Å². The highest BCUT2D eigenvalue weighted by Gasteiger charge is 2.10. The van der Waals surface area contributed by atoms with Gasteiger partial charge in [0.2, 0.25) is 0 Å². The predicted molar refractivity (Wildman–Crippen MR) is 61.4 cm³/mol. The van der Waals surface area contributed by atoms with E-state index in [2.05, 4.69) is 6.07 Å². The SMILES string of the molecule is CCc1cc(CC(=O)O)cc(C#N)c1CCl. The van der Waals surface area contributed by atoms with Crippen molar-refractivity contribution in [1.29, 1.82) is 5.26 Å². The number of carboxylic acid groups (broad SMARTS) is 1. The maximum absolute atomic E-state index is 10.6. The molecule has 0 saturated heterocycles. The molecule has 0 bridgehead atoms. The molecule has 1 rings (SSSR count). The van der Waals surface area contributed by atoms with Crippen molar-refractivity contribution in [3.8, 4) is 6.07 Å². The summed E-state index contributed by atoms with van der Waals surface area (Å²) in [7, 11) is 0. The van der Waals surface area contributed by atoms with E-state index in [1.54, 1.807) is 6.07 Å². The number of alkyl halides is 1. The fourth-order valence-corrected chi connectivity index (χ4v) is 1.96. The second-order valence-electron chi connectivity index (χ2n) is 3.45. The maximum atomic E-state index is 10.6. The van der Waals surface area contributed by atoms with Crippen LogP contribution < -0.4 is 0 Å². The van der Waals surface area contributed by atoms with E-state index in [4.69, 9.17) is 22.0 Å². The molecule has 4 heteroatoms. The van der Waals surface area contributed by atoms with Crippen molar-refractivity contribution in [2.24, 2.45) is 0 Å². The maximum Gasteiger partial charge on any atom is 0.307 e. The summed E-state index contributed by atoms with van der Waals surface area (Å²) in [5.41, 5.74) is 2.88. The van der Waals surface area contributed by atoms with Crippen LogP contribution in [0.25, 0.3) is 0 Å². The van der Waals surface area contributed by atoms with E-state index in [0.717, 1.165) is 17.5 Å². The van der Waals surface area contributed by atoms with Crippen LogP contribution in [-0.4, -0.2) is 11.1 Å². The molecule has 0 aliphatic heterocycles. The molecule has 0 amide bonds. The monoisotopic (exact) mass is 237 g/mol. The Morgan fingerprint density at radius 3 is 2.69 bits per heavy atom. The molecular formula is C12H12ClNO2. The zero-order valence-corrected chi connectivity index (χ0v) is 9.71. The van der Waals surface area contributed by atoms with E-state index in [9.17, 15) is 4.79 Å². The Morgan fingerprint density at radius 1 is 1.56 bits per heavy atom. The number of carbonyl (C=O) groups is 1. The van der Waals surface area contributed by atoms with Gasteiger partial charge in [0, 0.05) is 5.88 Å². The number of benzene rings is 1. The lowest BCUT2D eigenvalue weighted by Crippen LogP contribution is -2.03. The van der Waals surface area contributed by atoms with Gasteiger partial charge in [0.05, 0.1) is 18.1 Å². The van der Waals surface area contributed by atoms with Crippen LogP contribution in [0, 0.1) is 11.3 Å². The van der Waals surface area contributed by atoms with Crippen molar-refractivity contribution in [2.75, 3.05) is 0 Å². The molecule has 16 heavy (non-hydrogen) atoms. The summed E-state index contributed by atoms with van der Waals surface area (Å²) in [4.78, 5) is 10.6. The molecule has 0 aliphatic carbocycles. The molecule has 84 valence electrons. The minimum Gasteiger partial charge on any atom is -0.481 e. The largest absolute Gasteiger partial charge is 0.481 e. The standard InChI is InChI=1S/C12H12ClNO2/c1-2-9-3-8(5-12(15)16)4-10(7-14)11(9)6-13/h3-4H,2,5-6H2,1H3,(H,15,16). The van der Waals surface area contributed by atoms with E-state index in [-0.39, 0.29) is 12.3 Å². The van der Waals surface area contributed by atoms with Crippen molar-refractivity contribution in [1.82, 2.24) is 0 Å². The van der Waals surface area contributed by atoms with Crippen LogP contribution in [0.4, 0.5) is 0 Å². The molecule has 0 saturated carbocycles. The zero-order valence-electron chi connectivity index (χ0n) is 8.96. The van der Waals surface area contributed by atoms with Gasteiger partial charge >= 0.3 is 5.97 Å². The molecule has 1 N–H and O–H groups in total. The van der Waals surface area contributed by atoms with Gasteiger partial charge in [-0.1, -0.05) is 13.0 Å². The van der Waals surface area contributed by atoms with Gasteiger partial charge in [0.25, 0.3) is 0 Å². The fraction of sp³-hybridized carbons (Fsp3) is 0.333. The van der Waals surface area contributed by atoms with Crippen LogP contribution in [0.3, 0.4) is 0 Å². The van der Waals surface area contributed by atoms with Crippen molar-refractivity contribution < 1.29 is 9.90 Å². The summed E-state index contributed by atoms with van der Waals surface area (Å²) >= 11 is 5.79. The average Bonchev–Trinajstić information content (AvgIpc) is 2.26. The summed E-state index contributed by atoms with van der Waals surface area (Å²) in [6, 6.07) is 5.47. The lowest BCUT2D eigenvalue weighted by atomic mass is 9.96. The first-order valence-electron chi connectivity index (χ1n) is 4.94. The van der Waals surface area contributed by atoms with Crippen molar-refractivity contribution in [2.45, 2.75) is 25.6 Å². The number of hydrogen-bond acceptors (Lipinski definition) is 2. The first kappa shape index (κ1) is 12.5. The summed E-state index contributed by atoms with van der Waals surface area (Å²) < 4.78 is 0. The summed E-state index contributed by atoms with van der Waals surface area (Å²) in [6.07, 6.45) is 0.675. The minimum atomic E-state index is -0.899. The molecule has 1 aromatic rings. The van der Waals surface area contributed by atoms with E-state index in [1.807, 2.05) is 13.0 Å². The molecule has 0 aromatic heterocycles. The highest BCUT2D eigenvalue weighted by Crippen LogP contribution is 2.20. The third-order valence-electron chi connectivity index (χ3n) is 2.39. The second-order valence-corrected chi connectivity index (χ2v) is 3.72. The Labute approximate surface area is 99.3 Å². The molecule has 1 aromatic carbocycles. The number of nitrogens with zero attached hydrogens (tertiary/aromatic N) is 1. The van der Waals surface area contributed by atoms with Gasteiger partial charge in [0.1, 0.15) is 0 Å². The number of halogens is 1. The fourth-order valence-electron chi connectivity index (χ4n) is 1.65. The highest BCUT2D eigenvalue weighted by atomic mass is 35.5. The summed E-state index contributed by atoms with van der Waals surface area (Å²) in [5, 5.41) is 17.7. The van der Waals surface area contributed by atoms with Crippen LogP contribution in [-0.2, 0) is 23.5 Å². The minimum absolute atomic E-state index is 0.0652. The second kappa shape index (κ2) is 5.53. The quantitative estimate of drug-likeness (QED) is 0.819. The number of aryl methyl sites for hydroxylation is 1. The van der Waals surface area contributed by atoms with Crippen LogP contribution in [0.15, 0.2) is 12.1 Å². The van der Waals surface area contributed by atoms with E-state index < -0.39 is 5.97 Å². The molecule has 0 heterocycles. The molecule has 3 nitrogen and oxygen atoms in total. The third kappa shape index (κ3) is 2.74. The van der Waals surface area contributed by atoms with Gasteiger partial charge in [-0.2, -0.15) is 5.26 Å². The van der Waals surface area contributed by atoms with E-state index >= 15 is 0 Å². The van der Waals surface area contributed by atoms with Gasteiger partial charge in [-0.3, -0.25) is 4.79 Å². The molecule has 0 aliphatic rings. The molecule has 0 radical (unpaired) electrons. The molecular weight excluding hydrogens is 226 g/mol. The first-order valence-corrected chi connectivity index (χ1v) is 5.48. The molecule has 0 atom stereocenters. The van der Waals surface area contributed by atoms with E-state index in [0.29, 0.717) is 11.1 Å². The Balaban J connectivity index is 3.27. The molecule has 0 fully saturated rings. The number of aliphatic carboxylic acids is 1. The number of carboxylic acids is 1. The lowest BCUT2D eigenvalue weighted by molar-refractivity contribution is -0.136. The smallest absolute Gasteiger partial charge is 0.307 e. The highest BCUT2D eigenvalue weighted by molar-refractivity contribution is 6.17. The first-order chi connectivity index (χ1) is 7.62. The van der Waals surface area contributed by atoms with E-state index in [1.165, 1.54) is 0 Å². The molecule has 0 spiro atoms. The number of nitriles is 1. The van der Waals surface area contributed by atoms with Crippen LogP contribution in [0.2, 0.25) is 0 Å². The normalized spacial score (nSPS) is 9.81. The Morgan fingerprint density at radius 2 is 2.25 bits per heavy atom. The topological polar surface area (TPSA) is 61.1 Å². The van der Waals surface area contributed by atoms with Gasteiger partial charge in [-0.25, -0.2) is 0 Å². The van der Waals surface area contributed by atoms with Crippen molar-refractivity contribution >= 4 is 17.6 Å². The third-order valence-corrected chi connectivity index (χ3v) is 2.66. The van der Waals surface area contributed by atoms with Gasteiger partial charge < -0.3 is 5.11 Å². The summed E-state index contributed by atoms with van der Waals surface area (Å²) in [5.74, 6) is -0.621. The van der Waals surface area contributed by atoms with Crippen molar-refractivity contribution in [3.63, 3.8) is 0 Å². The number of hydrogen-bond donors (Lipinski definition) is 1. The average molecular weight is 238 g/mol. The predicted octanol–water partition coefficient (Wildman–Crippen LogP) is 2.49. The zero-order chi connectivity index (χ0) is 12.1. The van der Waals surface area contributed by atoms with Crippen molar-refractivity contribution in [3.05, 3.63) is 34.4 Å². The Kier molecular flexibility index (Phi) is 4.33. The Hall–Kier alpha value is -1.53. The molecule has 0 unspecified atom stereocenters. The van der Waals surface area contributed by atoms with Gasteiger partial charge in [-0.15, -0.1) is 11.6 Å². The van der Waals surface area contributed by atoms with Crippen LogP contribution >= 0.6 is 11.6 Å². The lowest BCUT2D eigenvalue weighted by Gasteiger charge is -2.09. The number of rotatable bonds is 4. The summed E-state index contributed by atoms with van der Waals surface area (Å²) in [6.45, 7) is 1.96. The van der Waals surface area contributed by atoms with Crippen LogP contribution in [0.5, 0.6) is 0 Å². The Bertz CT molecular complexity index is 449. The van der Waals surface area contributed by atoms with Gasteiger partial charge in [-0.05, 0) is 29.2 Å². The van der Waals surface area contributed by atoms with Gasteiger partial charge in [0.15, 0.2) is 0 Å².